The van der Waals surface area contributed by atoms with Gasteiger partial charge in [-0.15, -0.1) is 0 Å². The van der Waals surface area contributed by atoms with E-state index in [2.05, 4.69) is 24.4 Å². The van der Waals surface area contributed by atoms with Crippen LogP contribution in [0.1, 0.15) is 42.1 Å². The summed E-state index contributed by atoms with van der Waals surface area (Å²) in [6.07, 6.45) is 0.936. The van der Waals surface area contributed by atoms with E-state index in [0.29, 0.717) is 23.6 Å². The van der Waals surface area contributed by atoms with Crippen molar-refractivity contribution in [2.24, 2.45) is 0 Å². The minimum Gasteiger partial charge on any atom is -0.493 e. The van der Waals surface area contributed by atoms with E-state index in [-0.39, 0.29) is 24.2 Å². The average molecular weight is 355 g/mol. The van der Waals surface area contributed by atoms with Crippen LogP contribution in [0.25, 0.3) is 0 Å². The number of nitrogens with one attached hydrogen (secondary N) is 1. The van der Waals surface area contributed by atoms with Gasteiger partial charge in [0.1, 0.15) is 0 Å². The van der Waals surface area contributed by atoms with Crippen LogP contribution >= 0.6 is 0 Å². The van der Waals surface area contributed by atoms with Crippen LogP contribution in [0.2, 0.25) is 0 Å². The van der Waals surface area contributed by atoms with E-state index in [1.54, 1.807) is 18.2 Å². The summed E-state index contributed by atoms with van der Waals surface area (Å²) in [7, 11) is 1.50. The number of carbonyl (C=O) groups is 2. The maximum Gasteiger partial charge on any atom is 0.257 e. The molecule has 1 atom stereocenters. The van der Waals surface area contributed by atoms with Gasteiger partial charge in [0.15, 0.2) is 23.9 Å². The molecular formula is C21H25NO4. The van der Waals surface area contributed by atoms with Gasteiger partial charge in [-0.25, -0.2) is 0 Å². The third-order valence-corrected chi connectivity index (χ3v) is 4.24. The van der Waals surface area contributed by atoms with Crippen molar-refractivity contribution >= 4 is 11.7 Å². The van der Waals surface area contributed by atoms with Crippen LogP contribution in [0, 0.1) is 0 Å². The van der Waals surface area contributed by atoms with Crippen molar-refractivity contribution in [1.29, 1.82) is 0 Å². The van der Waals surface area contributed by atoms with E-state index >= 15 is 0 Å². The van der Waals surface area contributed by atoms with Crippen LogP contribution in [-0.2, 0) is 4.79 Å². The highest BCUT2D eigenvalue weighted by molar-refractivity contribution is 5.94. The summed E-state index contributed by atoms with van der Waals surface area (Å²) in [5.74, 6) is 0.879. The van der Waals surface area contributed by atoms with Gasteiger partial charge in [0.05, 0.1) is 7.11 Å². The number of amides is 1. The van der Waals surface area contributed by atoms with Crippen LogP contribution in [0.3, 0.4) is 0 Å². The molecule has 0 spiro atoms. The Hall–Kier alpha value is -2.82. The molecule has 0 heterocycles. The van der Waals surface area contributed by atoms with E-state index in [9.17, 15) is 9.59 Å². The number of rotatable bonds is 9. The first-order valence-corrected chi connectivity index (χ1v) is 8.68. The zero-order valence-electron chi connectivity index (χ0n) is 15.5. The number of benzene rings is 2. The van der Waals surface area contributed by atoms with E-state index in [4.69, 9.17) is 9.47 Å². The molecule has 0 bridgehead atoms. The fraction of sp³-hybridized carbons (Fsp3) is 0.333. The zero-order chi connectivity index (χ0) is 18.9. The molecule has 5 heteroatoms. The largest absolute Gasteiger partial charge is 0.493 e. The Morgan fingerprint density at radius 3 is 2.42 bits per heavy atom. The summed E-state index contributed by atoms with van der Waals surface area (Å²) in [4.78, 5) is 23.5. The summed E-state index contributed by atoms with van der Waals surface area (Å²) < 4.78 is 10.8. The van der Waals surface area contributed by atoms with E-state index in [1.807, 2.05) is 18.2 Å². The third kappa shape index (κ3) is 5.34. The van der Waals surface area contributed by atoms with Crippen molar-refractivity contribution in [3.05, 3.63) is 59.7 Å². The lowest BCUT2D eigenvalue weighted by molar-refractivity contribution is -0.123. The topological polar surface area (TPSA) is 64.6 Å². The van der Waals surface area contributed by atoms with Gasteiger partial charge < -0.3 is 14.8 Å². The molecule has 26 heavy (non-hydrogen) atoms. The fourth-order valence-electron chi connectivity index (χ4n) is 2.66. The van der Waals surface area contributed by atoms with Crippen molar-refractivity contribution < 1.29 is 19.1 Å². The van der Waals surface area contributed by atoms with Crippen molar-refractivity contribution in [3.63, 3.8) is 0 Å². The molecule has 138 valence electrons. The first kappa shape index (κ1) is 19.5. The third-order valence-electron chi connectivity index (χ3n) is 4.24. The molecule has 0 saturated carbocycles. The number of ketones is 1. The summed E-state index contributed by atoms with van der Waals surface area (Å²) in [6.45, 7) is 4.03. The second-order valence-corrected chi connectivity index (χ2v) is 6.03. The summed E-state index contributed by atoms with van der Waals surface area (Å²) in [6, 6.07) is 15.0. The first-order chi connectivity index (χ1) is 12.5. The van der Waals surface area contributed by atoms with Gasteiger partial charge in [0.25, 0.3) is 5.91 Å². The van der Waals surface area contributed by atoms with Crippen molar-refractivity contribution in [2.75, 3.05) is 20.3 Å². The molecule has 2 aromatic carbocycles. The molecule has 2 aromatic rings. The zero-order valence-corrected chi connectivity index (χ0v) is 15.5. The monoisotopic (exact) mass is 355 g/mol. The van der Waals surface area contributed by atoms with Gasteiger partial charge in [0.2, 0.25) is 0 Å². The number of Topliss-reactive ketones (excluding diaryl/α,β-unsaturated/α-hetero) is 1. The maximum atomic E-state index is 12.1. The summed E-state index contributed by atoms with van der Waals surface area (Å²) >= 11 is 0. The SMILES string of the molecule is CCC(CNC(=O)COc1ccc(C(C)=O)cc1OC)c1ccccc1. The lowest BCUT2D eigenvalue weighted by Crippen LogP contribution is -2.32. The molecular weight excluding hydrogens is 330 g/mol. The normalized spacial score (nSPS) is 11.5. The van der Waals surface area contributed by atoms with E-state index in [0.717, 1.165) is 6.42 Å². The van der Waals surface area contributed by atoms with Gasteiger partial charge in [-0.2, -0.15) is 0 Å². The molecule has 0 saturated heterocycles. The molecule has 1 N–H and O–H groups in total. The summed E-state index contributed by atoms with van der Waals surface area (Å²) in [5, 5.41) is 2.91. The van der Waals surface area contributed by atoms with Gasteiger partial charge in [-0.3, -0.25) is 9.59 Å². The summed E-state index contributed by atoms with van der Waals surface area (Å²) in [5.41, 5.74) is 1.74. The average Bonchev–Trinajstić information content (AvgIpc) is 2.67. The van der Waals surface area contributed by atoms with Gasteiger partial charge in [-0.05, 0) is 37.1 Å². The van der Waals surface area contributed by atoms with E-state index in [1.165, 1.54) is 19.6 Å². The Kier molecular flexibility index (Phi) is 7.21. The molecule has 0 aliphatic carbocycles. The highest BCUT2D eigenvalue weighted by Gasteiger charge is 2.13. The standard InChI is InChI=1S/C21H25NO4/c1-4-16(17-8-6-5-7-9-17)13-22-21(24)14-26-19-11-10-18(15(2)23)12-20(19)25-3/h5-12,16H,4,13-14H2,1-3H3,(H,22,24). The quantitative estimate of drug-likeness (QED) is 0.698. The minimum absolute atomic E-state index is 0.0564. The first-order valence-electron chi connectivity index (χ1n) is 8.68. The van der Waals surface area contributed by atoms with Gasteiger partial charge >= 0.3 is 0 Å². The number of methoxy groups -OCH3 is 1. The van der Waals surface area contributed by atoms with Gasteiger partial charge in [0, 0.05) is 18.0 Å². The molecule has 0 aliphatic rings. The Bertz CT molecular complexity index is 743. The maximum absolute atomic E-state index is 12.1. The Labute approximate surface area is 154 Å². The molecule has 5 nitrogen and oxygen atoms in total. The number of carbonyl (C=O) groups excluding carboxylic acids is 2. The minimum atomic E-state index is -0.197. The van der Waals surface area contributed by atoms with Crippen molar-refractivity contribution in [2.45, 2.75) is 26.2 Å². The Morgan fingerprint density at radius 2 is 1.81 bits per heavy atom. The van der Waals surface area contributed by atoms with Crippen LogP contribution in [0.15, 0.2) is 48.5 Å². The van der Waals surface area contributed by atoms with Crippen molar-refractivity contribution in [3.8, 4) is 11.5 Å². The Balaban J connectivity index is 1.89. The van der Waals surface area contributed by atoms with Crippen molar-refractivity contribution in [1.82, 2.24) is 5.32 Å². The molecule has 0 fully saturated rings. The van der Waals surface area contributed by atoms with Crippen LogP contribution in [0.5, 0.6) is 11.5 Å². The number of hydrogen-bond donors (Lipinski definition) is 1. The highest BCUT2D eigenvalue weighted by Crippen LogP contribution is 2.28. The Morgan fingerprint density at radius 1 is 1.08 bits per heavy atom. The van der Waals surface area contributed by atoms with E-state index < -0.39 is 0 Å². The molecule has 0 radical (unpaired) electrons. The predicted octanol–water partition coefficient (Wildman–Crippen LogP) is 3.59. The fourth-order valence-corrected chi connectivity index (χ4v) is 2.66. The van der Waals surface area contributed by atoms with Gasteiger partial charge in [-0.1, -0.05) is 37.3 Å². The second-order valence-electron chi connectivity index (χ2n) is 6.03. The second kappa shape index (κ2) is 9.61. The smallest absolute Gasteiger partial charge is 0.257 e. The van der Waals surface area contributed by atoms with Crippen LogP contribution < -0.4 is 14.8 Å². The lowest BCUT2D eigenvalue weighted by atomic mass is 9.96. The predicted molar refractivity (Wildman–Crippen MR) is 101 cm³/mol. The highest BCUT2D eigenvalue weighted by atomic mass is 16.5. The lowest BCUT2D eigenvalue weighted by Gasteiger charge is -2.16. The number of hydrogen-bond acceptors (Lipinski definition) is 4. The molecule has 0 aromatic heterocycles. The molecule has 2 rings (SSSR count). The van der Waals surface area contributed by atoms with Crippen LogP contribution in [0.4, 0.5) is 0 Å². The number of ether oxygens (including phenoxy) is 2. The molecule has 1 amide bonds. The molecule has 1 unspecified atom stereocenters. The molecule has 0 aliphatic heterocycles. The van der Waals surface area contributed by atoms with Crippen LogP contribution in [-0.4, -0.2) is 32.0 Å².